The summed E-state index contributed by atoms with van der Waals surface area (Å²) in [6, 6.07) is 0. The van der Waals surface area contributed by atoms with Crippen molar-refractivity contribution >= 4 is 19.8 Å². The number of ether oxygens (including phenoxy) is 2. The van der Waals surface area contributed by atoms with E-state index in [2.05, 4.69) is 50.3 Å². The smallest absolute Gasteiger partial charge is 0.462 e. The molecule has 9 nitrogen and oxygen atoms in total. The fourth-order valence-electron chi connectivity index (χ4n) is 5.82. The third-order valence-corrected chi connectivity index (χ3v) is 10.0. The highest BCUT2D eigenvalue weighted by Crippen LogP contribution is 2.43. The average Bonchev–Trinajstić information content (AvgIpc) is 3.14. The second-order valence-corrected chi connectivity index (χ2v) is 15.7. The van der Waals surface area contributed by atoms with Gasteiger partial charge in [0.15, 0.2) is 6.10 Å². The Morgan fingerprint density at radius 2 is 0.981 bits per heavy atom. The van der Waals surface area contributed by atoms with Crippen molar-refractivity contribution in [2.75, 3.05) is 26.4 Å². The molecule has 0 bridgehead atoms. The molecule has 53 heavy (non-hydrogen) atoms. The fraction of sp³-hybridized carbons (Fsp3) is 0.814. The van der Waals surface area contributed by atoms with Crippen LogP contribution in [-0.2, 0) is 32.7 Å². The van der Waals surface area contributed by atoms with E-state index in [0.717, 1.165) is 57.8 Å². The van der Waals surface area contributed by atoms with Gasteiger partial charge in [-0.3, -0.25) is 18.6 Å². The van der Waals surface area contributed by atoms with E-state index in [1.807, 2.05) is 0 Å². The van der Waals surface area contributed by atoms with Crippen LogP contribution in [0.2, 0.25) is 0 Å². The van der Waals surface area contributed by atoms with Crippen molar-refractivity contribution in [3.05, 3.63) is 36.5 Å². The number of hydrogen-bond acceptors (Lipinski definition) is 8. The molecule has 0 fully saturated rings. The van der Waals surface area contributed by atoms with E-state index in [1.165, 1.54) is 103 Å². The van der Waals surface area contributed by atoms with E-state index in [9.17, 15) is 19.0 Å². The van der Waals surface area contributed by atoms with Crippen molar-refractivity contribution in [2.45, 2.75) is 200 Å². The minimum Gasteiger partial charge on any atom is -0.462 e. The standard InChI is InChI=1S/C43H80NO8P/c1-3-5-7-9-11-13-14-15-16-17-18-19-20-21-22-23-24-25-26-28-30-32-34-36-43(46)52-41(40-51-53(47,48)50-38-37-44)39-49-42(45)35-33-31-29-27-12-10-8-6-4-2/h14-15,17-18,20-21,41H,3-13,16,19,22-40,44H2,1-2H3,(H,47,48)/b15-14-,18-17-,21-20-. The summed E-state index contributed by atoms with van der Waals surface area (Å²) >= 11 is 0. The Balaban J connectivity index is 4.08. The molecule has 0 aliphatic heterocycles. The lowest BCUT2D eigenvalue weighted by Gasteiger charge is -2.19. The van der Waals surface area contributed by atoms with Gasteiger partial charge in [0.05, 0.1) is 13.2 Å². The molecule has 0 amide bonds. The van der Waals surface area contributed by atoms with Crippen molar-refractivity contribution < 1.29 is 37.6 Å². The Kier molecular flexibility index (Phi) is 38.6. The Hall–Kier alpha value is -1.77. The van der Waals surface area contributed by atoms with Gasteiger partial charge in [0.2, 0.25) is 0 Å². The normalized spacial score (nSPS) is 13.7. The van der Waals surface area contributed by atoms with Crippen LogP contribution in [0.5, 0.6) is 0 Å². The first kappa shape index (κ1) is 51.2. The van der Waals surface area contributed by atoms with E-state index in [1.54, 1.807) is 0 Å². The lowest BCUT2D eigenvalue weighted by Crippen LogP contribution is -2.29. The molecule has 0 rings (SSSR count). The zero-order valence-corrected chi connectivity index (χ0v) is 34.9. The maximum Gasteiger partial charge on any atom is 0.472 e. The second kappa shape index (κ2) is 39.9. The van der Waals surface area contributed by atoms with Crippen molar-refractivity contribution in [2.24, 2.45) is 5.73 Å². The van der Waals surface area contributed by atoms with Gasteiger partial charge in [0.1, 0.15) is 6.61 Å². The molecule has 0 aromatic rings. The number of carbonyl (C=O) groups is 2. The highest BCUT2D eigenvalue weighted by molar-refractivity contribution is 7.47. The number of nitrogens with two attached hydrogens (primary N) is 1. The number of allylic oxidation sites excluding steroid dienone is 6. The minimum atomic E-state index is -4.37. The highest BCUT2D eigenvalue weighted by Gasteiger charge is 2.26. The third-order valence-electron chi connectivity index (χ3n) is 9.03. The molecule has 0 radical (unpaired) electrons. The number of phosphoric ester groups is 1. The Morgan fingerprint density at radius 3 is 1.45 bits per heavy atom. The monoisotopic (exact) mass is 770 g/mol. The van der Waals surface area contributed by atoms with Gasteiger partial charge < -0.3 is 20.1 Å². The van der Waals surface area contributed by atoms with Crippen LogP contribution in [-0.4, -0.2) is 49.3 Å². The Labute approximate surface area is 324 Å². The average molecular weight is 770 g/mol. The molecule has 0 heterocycles. The van der Waals surface area contributed by atoms with E-state index >= 15 is 0 Å². The number of phosphoric acid groups is 1. The predicted octanol–water partition coefficient (Wildman–Crippen LogP) is 12.2. The molecule has 0 aromatic carbocycles. The van der Waals surface area contributed by atoms with Gasteiger partial charge in [0.25, 0.3) is 0 Å². The number of esters is 2. The number of rotatable bonds is 40. The van der Waals surface area contributed by atoms with Crippen LogP contribution in [0.3, 0.4) is 0 Å². The topological polar surface area (TPSA) is 134 Å². The molecule has 0 aliphatic carbocycles. The summed E-state index contributed by atoms with van der Waals surface area (Å²) < 4.78 is 32.7. The van der Waals surface area contributed by atoms with Gasteiger partial charge in [-0.05, 0) is 51.4 Å². The zero-order valence-electron chi connectivity index (χ0n) is 34.0. The van der Waals surface area contributed by atoms with Crippen LogP contribution >= 0.6 is 7.82 Å². The molecular formula is C43H80NO8P. The number of unbranched alkanes of at least 4 members (excludes halogenated alkanes) is 21. The van der Waals surface area contributed by atoms with Crippen LogP contribution in [0.15, 0.2) is 36.5 Å². The van der Waals surface area contributed by atoms with Crippen molar-refractivity contribution in [1.82, 2.24) is 0 Å². The SMILES string of the molecule is CCCCCCC/C=C\C/C=C\C/C=C\CCCCCCCCCCC(=O)OC(COC(=O)CCCCCCCCCCC)COP(=O)(O)OCCN. The highest BCUT2D eigenvalue weighted by atomic mass is 31.2. The van der Waals surface area contributed by atoms with Crippen molar-refractivity contribution in [1.29, 1.82) is 0 Å². The van der Waals surface area contributed by atoms with E-state index < -0.39 is 26.5 Å². The zero-order chi connectivity index (χ0) is 38.9. The van der Waals surface area contributed by atoms with Gasteiger partial charge >= 0.3 is 19.8 Å². The molecule has 10 heteroatoms. The largest absolute Gasteiger partial charge is 0.472 e. The van der Waals surface area contributed by atoms with Crippen LogP contribution in [0.1, 0.15) is 194 Å². The fourth-order valence-corrected chi connectivity index (χ4v) is 6.58. The first-order valence-electron chi connectivity index (χ1n) is 21.5. The molecule has 0 aliphatic rings. The number of hydrogen-bond donors (Lipinski definition) is 2. The molecule has 2 atom stereocenters. The molecule has 0 aromatic heterocycles. The Morgan fingerprint density at radius 1 is 0.566 bits per heavy atom. The summed E-state index contributed by atoms with van der Waals surface area (Å²) in [6.45, 7) is 3.69. The lowest BCUT2D eigenvalue weighted by atomic mass is 10.1. The van der Waals surface area contributed by atoms with E-state index in [-0.39, 0.29) is 38.6 Å². The van der Waals surface area contributed by atoms with Crippen LogP contribution in [0, 0.1) is 0 Å². The molecule has 310 valence electrons. The number of carbonyl (C=O) groups excluding carboxylic acids is 2. The first-order valence-corrected chi connectivity index (χ1v) is 23.0. The molecule has 2 unspecified atom stereocenters. The molecule has 0 spiro atoms. The van der Waals surface area contributed by atoms with Gasteiger partial charge in [-0.15, -0.1) is 0 Å². The summed E-state index contributed by atoms with van der Waals surface area (Å²) in [5, 5.41) is 0. The van der Waals surface area contributed by atoms with Gasteiger partial charge in [0, 0.05) is 19.4 Å². The molecule has 0 saturated carbocycles. The second-order valence-electron chi connectivity index (χ2n) is 14.2. The quantitative estimate of drug-likeness (QED) is 0.0270. The molecule has 3 N–H and O–H groups in total. The third kappa shape index (κ3) is 39.7. The summed E-state index contributed by atoms with van der Waals surface area (Å²) in [5.41, 5.74) is 5.34. The lowest BCUT2D eigenvalue weighted by molar-refractivity contribution is -0.161. The van der Waals surface area contributed by atoms with Crippen molar-refractivity contribution in [3.63, 3.8) is 0 Å². The van der Waals surface area contributed by atoms with E-state index in [4.69, 9.17) is 24.3 Å². The summed E-state index contributed by atoms with van der Waals surface area (Å²) in [4.78, 5) is 34.7. The molecule has 0 saturated heterocycles. The summed E-state index contributed by atoms with van der Waals surface area (Å²) in [5.74, 6) is -0.838. The summed E-state index contributed by atoms with van der Waals surface area (Å²) in [7, 11) is -4.37. The maximum absolute atomic E-state index is 12.6. The van der Waals surface area contributed by atoms with Gasteiger partial charge in [-0.1, -0.05) is 166 Å². The first-order chi connectivity index (χ1) is 25.8. The van der Waals surface area contributed by atoms with Gasteiger partial charge in [-0.25, -0.2) is 4.57 Å². The van der Waals surface area contributed by atoms with E-state index in [0.29, 0.717) is 6.42 Å². The summed E-state index contributed by atoms with van der Waals surface area (Å²) in [6.07, 6.45) is 43.3. The van der Waals surface area contributed by atoms with Crippen LogP contribution < -0.4 is 5.73 Å². The van der Waals surface area contributed by atoms with Crippen LogP contribution in [0.4, 0.5) is 0 Å². The van der Waals surface area contributed by atoms with Crippen LogP contribution in [0.25, 0.3) is 0 Å². The maximum atomic E-state index is 12.6. The van der Waals surface area contributed by atoms with Gasteiger partial charge in [-0.2, -0.15) is 0 Å². The van der Waals surface area contributed by atoms with Crippen molar-refractivity contribution in [3.8, 4) is 0 Å². The molecular weight excluding hydrogens is 689 g/mol. The minimum absolute atomic E-state index is 0.0523. The Bertz CT molecular complexity index is 970. The predicted molar refractivity (Wildman–Crippen MR) is 220 cm³/mol.